The standard InChI is InChI=1S/C21H33N3O3S/c1-20(2,3)13-19(25)22-11-12-24-17(14-22)15-23(16-21(24,4)5)28(26,27)18-9-7-6-8-10-18/h6-10,17H,11-16H2,1-5H3/t17-/m0/s1. The van der Waals surface area contributed by atoms with Gasteiger partial charge in [0.15, 0.2) is 0 Å². The molecule has 0 unspecified atom stereocenters. The van der Waals surface area contributed by atoms with Crippen LogP contribution in [0.3, 0.4) is 0 Å². The molecule has 0 aliphatic carbocycles. The Labute approximate surface area is 169 Å². The molecule has 2 fully saturated rings. The van der Waals surface area contributed by atoms with Crippen molar-refractivity contribution in [1.82, 2.24) is 14.1 Å². The van der Waals surface area contributed by atoms with Crippen molar-refractivity contribution in [1.29, 1.82) is 0 Å². The van der Waals surface area contributed by atoms with Crippen molar-refractivity contribution in [2.75, 3.05) is 32.7 Å². The van der Waals surface area contributed by atoms with Crippen LogP contribution in [0, 0.1) is 5.41 Å². The molecule has 0 spiro atoms. The van der Waals surface area contributed by atoms with E-state index in [1.54, 1.807) is 28.6 Å². The van der Waals surface area contributed by atoms with Gasteiger partial charge in [-0.15, -0.1) is 0 Å². The zero-order valence-electron chi connectivity index (χ0n) is 17.7. The third-order valence-electron chi connectivity index (χ3n) is 5.65. The Morgan fingerprint density at radius 2 is 1.75 bits per heavy atom. The second kappa shape index (κ2) is 7.43. The third-order valence-corrected chi connectivity index (χ3v) is 7.48. The first-order chi connectivity index (χ1) is 12.9. The molecule has 2 aliphatic rings. The average molecular weight is 408 g/mol. The molecule has 28 heavy (non-hydrogen) atoms. The molecular weight excluding hydrogens is 374 g/mol. The van der Waals surface area contributed by atoms with Crippen LogP contribution in [0.2, 0.25) is 0 Å². The summed E-state index contributed by atoms with van der Waals surface area (Å²) in [6.07, 6.45) is 0.509. The molecule has 0 bridgehead atoms. The summed E-state index contributed by atoms with van der Waals surface area (Å²) in [6.45, 7) is 13.3. The molecule has 1 amide bonds. The van der Waals surface area contributed by atoms with Crippen molar-refractivity contribution in [3.8, 4) is 0 Å². The van der Waals surface area contributed by atoms with Crippen molar-refractivity contribution in [2.45, 2.75) is 57.5 Å². The number of benzene rings is 1. The van der Waals surface area contributed by atoms with Gasteiger partial charge >= 0.3 is 0 Å². The second-order valence-electron chi connectivity index (χ2n) is 9.85. The molecule has 0 N–H and O–H groups in total. The number of carbonyl (C=O) groups excluding carboxylic acids is 1. The minimum absolute atomic E-state index is 0.0138. The van der Waals surface area contributed by atoms with Gasteiger partial charge in [0.25, 0.3) is 0 Å². The smallest absolute Gasteiger partial charge is 0.243 e. The molecule has 2 aliphatic heterocycles. The fraction of sp³-hybridized carbons (Fsp3) is 0.667. The lowest BCUT2D eigenvalue weighted by atomic mass is 9.90. The first-order valence-electron chi connectivity index (χ1n) is 10.00. The Hall–Kier alpha value is -1.44. The zero-order valence-corrected chi connectivity index (χ0v) is 18.5. The van der Waals surface area contributed by atoms with Crippen LogP contribution in [0.5, 0.6) is 0 Å². The van der Waals surface area contributed by atoms with E-state index in [-0.39, 0.29) is 22.9 Å². The van der Waals surface area contributed by atoms with Gasteiger partial charge in [0, 0.05) is 50.7 Å². The molecule has 2 heterocycles. The maximum atomic E-state index is 13.2. The summed E-state index contributed by atoms with van der Waals surface area (Å²) < 4.78 is 28.0. The van der Waals surface area contributed by atoms with Crippen LogP contribution in [0.1, 0.15) is 41.0 Å². The molecule has 0 saturated carbocycles. The molecule has 156 valence electrons. The van der Waals surface area contributed by atoms with Crippen LogP contribution in [-0.2, 0) is 14.8 Å². The highest BCUT2D eigenvalue weighted by molar-refractivity contribution is 7.89. The Kier molecular flexibility index (Phi) is 5.64. The van der Waals surface area contributed by atoms with E-state index < -0.39 is 10.0 Å². The summed E-state index contributed by atoms with van der Waals surface area (Å²) in [7, 11) is -3.55. The Morgan fingerprint density at radius 3 is 2.36 bits per heavy atom. The lowest BCUT2D eigenvalue weighted by Gasteiger charge is -2.55. The van der Waals surface area contributed by atoms with E-state index >= 15 is 0 Å². The maximum absolute atomic E-state index is 13.2. The van der Waals surface area contributed by atoms with Crippen LogP contribution in [0.25, 0.3) is 0 Å². The first kappa shape index (κ1) is 21.3. The van der Waals surface area contributed by atoms with Crippen LogP contribution >= 0.6 is 0 Å². The second-order valence-corrected chi connectivity index (χ2v) is 11.8. The zero-order chi connectivity index (χ0) is 20.7. The van der Waals surface area contributed by atoms with E-state index in [2.05, 4.69) is 39.5 Å². The molecule has 2 saturated heterocycles. The van der Waals surface area contributed by atoms with E-state index in [0.717, 1.165) is 6.54 Å². The van der Waals surface area contributed by atoms with Crippen LogP contribution in [0.15, 0.2) is 35.2 Å². The summed E-state index contributed by atoms with van der Waals surface area (Å²) in [5.41, 5.74) is -0.327. The Balaban J connectivity index is 1.80. The van der Waals surface area contributed by atoms with Crippen molar-refractivity contribution in [2.24, 2.45) is 5.41 Å². The van der Waals surface area contributed by atoms with Gasteiger partial charge in [-0.1, -0.05) is 39.0 Å². The number of carbonyl (C=O) groups is 1. The van der Waals surface area contributed by atoms with Crippen LogP contribution in [0.4, 0.5) is 0 Å². The fourth-order valence-electron chi connectivity index (χ4n) is 4.35. The third kappa shape index (κ3) is 4.42. The summed E-state index contributed by atoms with van der Waals surface area (Å²) >= 11 is 0. The number of amides is 1. The van der Waals surface area contributed by atoms with E-state index in [4.69, 9.17) is 0 Å². The number of fused-ring (bicyclic) bond motifs is 1. The summed E-state index contributed by atoms with van der Waals surface area (Å²) in [5.74, 6) is 0.160. The van der Waals surface area contributed by atoms with Crippen molar-refractivity contribution >= 4 is 15.9 Å². The Bertz CT molecular complexity index is 815. The number of hydrogen-bond donors (Lipinski definition) is 0. The van der Waals surface area contributed by atoms with Gasteiger partial charge in [-0.2, -0.15) is 4.31 Å². The van der Waals surface area contributed by atoms with Gasteiger partial charge in [0.1, 0.15) is 0 Å². The number of piperazine rings is 2. The minimum Gasteiger partial charge on any atom is -0.340 e. The highest BCUT2D eigenvalue weighted by Crippen LogP contribution is 2.32. The number of hydrogen-bond acceptors (Lipinski definition) is 4. The summed E-state index contributed by atoms with van der Waals surface area (Å²) in [5, 5.41) is 0. The van der Waals surface area contributed by atoms with Crippen LogP contribution < -0.4 is 0 Å². The first-order valence-corrected chi connectivity index (χ1v) is 11.4. The summed E-state index contributed by atoms with van der Waals surface area (Å²) in [6, 6.07) is 8.63. The van der Waals surface area contributed by atoms with E-state index in [1.165, 1.54) is 0 Å². The molecular formula is C21H33N3O3S. The molecule has 1 aromatic rings. The molecule has 1 aromatic carbocycles. The lowest BCUT2D eigenvalue weighted by Crippen LogP contribution is -2.70. The highest BCUT2D eigenvalue weighted by atomic mass is 32.2. The Morgan fingerprint density at radius 1 is 1.11 bits per heavy atom. The summed E-state index contributed by atoms with van der Waals surface area (Å²) in [4.78, 5) is 17.4. The predicted octanol–water partition coefficient (Wildman–Crippen LogP) is 2.42. The van der Waals surface area contributed by atoms with Gasteiger partial charge in [-0.05, 0) is 31.4 Å². The molecule has 0 aromatic heterocycles. The van der Waals surface area contributed by atoms with Gasteiger partial charge in [0.2, 0.25) is 15.9 Å². The quantitative estimate of drug-likeness (QED) is 0.772. The van der Waals surface area contributed by atoms with Gasteiger partial charge in [-0.25, -0.2) is 8.42 Å². The molecule has 1 atom stereocenters. The number of rotatable bonds is 3. The monoisotopic (exact) mass is 407 g/mol. The van der Waals surface area contributed by atoms with E-state index in [0.29, 0.717) is 37.5 Å². The van der Waals surface area contributed by atoms with Gasteiger partial charge in [0.05, 0.1) is 4.90 Å². The van der Waals surface area contributed by atoms with Crippen molar-refractivity contribution in [3.63, 3.8) is 0 Å². The topological polar surface area (TPSA) is 60.9 Å². The predicted molar refractivity (Wildman–Crippen MR) is 110 cm³/mol. The molecule has 0 radical (unpaired) electrons. The minimum atomic E-state index is -3.55. The van der Waals surface area contributed by atoms with Crippen molar-refractivity contribution < 1.29 is 13.2 Å². The number of nitrogens with zero attached hydrogens (tertiary/aromatic N) is 3. The molecule has 6 nitrogen and oxygen atoms in total. The molecule has 7 heteroatoms. The SMILES string of the molecule is CC(C)(C)CC(=O)N1CCN2[C@@H](C1)CN(S(=O)(=O)c1ccccc1)CC2(C)C. The van der Waals surface area contributed by atoms with E-state index in [9.17, 15) is 13.2 Å². The van der Waals surface area contributed by atoms with Crippen molar-refractivity contribution in [3.05, 3.63) is 30.3 Å². The largest absolute Gasteiger partial charge is 0.340 e. The fourth-order valence-corrected chi connectivity index (χ4v) is 6.00. The average Bonchev–Trinajstić information content (AvgIpc) is 2.60. The van der Waals surface area contributed by atoms with E-state index in [1.807, 2.05) is 11.0 Å². The molecule has 3 rings (SSSR count). The number of sulfonamides is 1. The maximum Gasteiger partial charge on any atom is 0.243 e. The van der Waals surface area contributed by atoms with Gasteiger partial charge in [-0.3, -0.25) is 9.69 Å². The van der Waals surface area contributed by atoms with Gasteiger partial charge < -0.3 is 4.90 Å². The highest BCUT2D eigenvalue weighted by Gasteiger charge is 2.46. The lowest BCUT2D eigenvalue weighted by molar-refractivity contribution is -0.139. The normalized spacial score (nSPS) is 24.0. The van der Waals surface area contributed by atoms with Crippen LogP contribution in [-0.4, -0.2) is 72.7 Å².